The molecule has 18 heavy (non-hydrogen) atoms. The summed E-state index contributed by atoms with van der Waals surface area (Å²) in [6.07, 6.45) is 8.56. The number of rotatable bonds is 5. The van der Waals surface area contributed by atoms with E-state index in [0.29, 0.717) is 0 Å². The molecule has 2 rings (SSSR count). The first-order chi connectivity index (χ1) is 8.70. The lowest BCUT2D eigenvalue weighted by Gasteiger charge is -2.34. The molecule has 0 radical (unpaired) electrons. The van der Waals surface area contributed by atoms with Gasteiger partial charge in [-0.2, -0.15) is 0 Å². The fraction of sp³-hybridized carbons (Fsp3) is 1.00. The van der Waals surface area contributed by atoms with Gasteiger partial charge in [-0.05, 0) is 76.5 Å². The lowest BCUT2D eigenvalue weighted by atomic mass is 9.86. The van der Waals surface area contributed by atoms with Crippen LogP contribution in [0.15, 0.2) is 0 Å². The van der Waals surface area contributed by atoms with Gasteiger partial charge in [0.2, 0.25) is 0 Å². The average molecular weight is 252 g/mol. The summed E-state index contributed by atoms with van der Waals surface area (Å²) in [5.41, 5.74) is 0. The van der Waals surface area contributed by atoms with Crippen LogP contribution in [0.25, 0.3) is 0 Å². The van der Waals surface area contributed by atoms with Crippen LogP contribution in [0.3, 0.4) is 0 Å². The summed E-state index contributed by atoms with van der Waals surface area (Å²) in [7, 11) is 2.14. The van der Waals surface area contributed by atoms with E-state index in [0.717, 1.165) is 23.8 Å². The van der Waals surface area contributed by atoms with Crippen LogP contribution in [0.4, 0.5) is 0 Å². The van der Waals surface area contributed by atoms with Gasteiger partial charge >= 0.3 is 0 Å². The van der Waals surface area contributed by atoms with Crippen molar-refractivity contribution in [2.24, 2.45) is 17.8 Å². The van der Waals surface area contributed by atoms with E-state index in [1.807, 2.05) is 0 Å². The van der Waals surface area contributed by atoms with E-state index in [-0.39, 0.29) is 0 Å². The van der Waals surface area contributed by atoms with E-state index in [1.54, 1.807) is 0 Å². The molecule has 0 amide bonds. The van der Waals surface area contributed by atoms with E-state index in [1.165, 1.54) is 58.2 Å². The molecule has 106 valence electrons. The van der Waals surface area contributed by atoms with E-state index < -0.39 is 0 Å². The van der Waals surface area contributed by atoms with Crippen LogP contribution in [-0.4, -0.2) is 37.6 Å². The van der Waals surface area contributed by atoms with Gasteiger partial charge in [-0.15, -0.1) is 0 Å². The van der Waals surface area contributed by atoms with Crippen LogP contribution in [0.5, 0.6) is 0 Å². The zero-order chi connectivity index (χ0) is 13.0. The molecule has 2 heteroatoms. The van der Waals surface area contributed by atoms with Crippen molar-refractivity contribution in [3.8, 4) is 0 Å². The molecule has 0 aromatic heterocycles. The smallest absolute Gasteiger partial charge is 0.00928 e. The maximum atomic E-state index is 3.51. The Bertz CT molecular complexity index is 231. The predicted octanol–water partition coefficient (Wildman–Crippen LogP) is 3.13. The normalized spacial score (nSPS) is 31.3. The molecule has 0 aromatic rings. The van der Waals surface area contributed by atoms with Gasteiger partial charge in [0.15, 0.2) is 0 Å². The molecule has 1 N–H and O–H groups in total. The molecule has 2 fully saturated rings. The summed E-state index contributed by atoms with van der Waals surface area (Å²) in [6.45, 7) is 8.81. The van der Waals surface area contributed by atoms with Crippen molar-refractivity contribution in [3.05, 3.63) is 0 Å². The summed E-state index contributed by atoms with van der Waals surface area (Å²) in [5, 5.41) is 3.51. The van der Waals surface area contributed by atoms with Crippen molar-refractivity contribution in [2.45, 2.75) is 58.4 Å². The number of hydrogen-bond donors (Lipinski definition) is 1. The first-order valence-corrected chi connectivity index (χ1v) is 8.10. The van der Waals surface area contributed by atoms with Gasteiger partial charge < -0.3 is 10.2 Å². The lowest BCUT2D eigenvalue weighted by Crippen LogP contribution is -2.38. The monoisotopic (exact) mass is 252 g/mol. The fourth-order valence-electron chi connectivity index (χ4n) is 3.95. The van der Waals surface area contributed by atoms with Gasteiger partial charge in [-0.25, -0.2) is 0 Å². The summed E-state index contributed by atoms with van der Waals surface area (Å²) < 4.78 is 0. The summed E-state index contributed by atoms with van der Waals surface area (Å²) in [6, 6.07) is 0.804. The molecule has 2 aliphatic rings. The largest absolute Gasteiger partial charge is 0.317 e. The molecular formula is C16H32N2. The highest BCUT2D eigenvalue weighted by Gasteiger charge is 2.27. The third-order valence-corrected chi connectivity index (χ3v) is 5.42. The molecule has 2 atom stereocenters. The first kappa shape index (κ1) is 14.3. The van der Waals surface area contributed by atoms with Crippen LogP contribution in [-0.2, 0) is 0 Å². The number of nitrogens with one attached hydrogen (secondary N) is 1. The van der Waals surface area contributed by atoms with Crippen LogP contribution < -0.4 is 5.32 Å². The van der Waals surface area contributed by atoms with Gasteiger partial charge in [0.05, 0.1) is 0 Å². The van der Waals surface area contributed by atoms with Gasteiger partial charge in [0.1, 0.15) is 0 Å². The molecule has 1 aliphatic heterocycles. The lowest BCUT2D eigenvalue weighted by molar-refractivity contribution is 0.148. The first-order valence-electron chi connectivity index (χ1n) is 8.10. The van der Waals surface area contributed by atoms with Crippen molar-refractivity contribution < 1.29 is 0 Å². The highest BCUT2D eigenvalue weighted by Crippen LogP contribution is 2.29. The second-order valence-corrected chi connectivity index (χ2v) is 6.80. The van der Waals surface area contributed by atoms with Crippen LogP contribution in [0, 0.1) is 17.8 Å². The Morgan fingerprint density at radius 3 is 2.44 bits per heavy atom. The second kappa shape index (κ2) is 6.91. The van der Waals surface area contributed by atoms with E-state index in [9.17, 15) is 0 Å². The topological polar surface area (TPSA) is 15.3 Å². The third kappa shape index (κ3) is 3.71. The molecule has 1 heterocycles. The zero-order valence-corrected chi connectivity index (χ0v) is 12.6. The Hall–Kier alpha value is -0.0800. The Morgan fingerprint density at radius 1 is 1.11 bits per heavy atom. The van der Waals surface area contributed by atoms with E-state index in [4.69, 9.17) is 0 Å². The highest BCUT2D eigenvalue weighted by molar-refractivity contribution is 4.83. The molecule has 1 aliphatic carbocycles. The van der Waals surface area contributed by atoms with Crippen LogP contribution in [0.1, 0.15) is 52.4 Å². The quantitative estimate of drug-likeness (QED) is 0.809. The maximum Gasteiger partial charge on any atom is 0.00928 e. The summed E-state index contributed by atoms with van der Waals surface area (Å²) in [4.78, 5) is 2.71. The zero-order valence-electron chi connectivity index (χ0n) is 12.6. The standard InChI is InChI=1S/C16H32N2/c1-13(2)14-7-10-18(11-8-14)12-9-15-5-4-6-16(15)17-3/h13-17H,4-12H2,1-3H3. The van der Waals surface area contributed by atoms with Gasteiger partial charge in [-0.1, -0.05) is 20.3 Å². The Kier molecular flexibility index (Phi) is 5.50. The molecule has 2 unspecified atom stereocenters. The van der Waals surface area contributed by atoms with E-state index in [2.05, 4.69) is 31.1 Å². The van der Waals surface area contributed by atoms with E-state index >= 15 is 0 Å². The van der Waals surface area contributed by atoms with Crippen molar-refractivity contribution >= 4 is 0 Å². The van der Waals surface area contributed by atoms with Gasteiger partial charge in [-0.3, -0.25) is 0 Å². The van der Waals surface area contributed by atoms with Crippen molar-refractivity contribution in [2.75, 3.05) is 26.7 Å². The molecule has 0 aromatic carbocycles. The fourth-order valence-corrected chi connectivity index (χ4v) is 3.95. The van der Waals surface area contributed by atoms with Crippen molar-refractivity contribution in [1.82, 2.24) is 10.2 Å². The Balaban J connectivity index is 1.66. The number of likely N-dealkylation sites (tertiary alicyclic amines) is 1. The predicted molar refractivity (Wildman–Crippen MR) is 78.8 cm³/mol. The minimum atomic E-state index is 0.804. The van der Waals surface area contributed by atoms with Gasteiger partial charge in [0, 0.05) is 6.04 Å². The molecule has 1 saturated carbocycles. The minimum absolute atomic E-state index is 0.804. The third-order valence-electron chi connectivity index (χ3n) is 5.42. The average Bonchev–Trinajstić information content (AvgIpc) is 2.84. The molecular weight excluding hydrogens is 220 g/mol. The molecule has 1 saturated heterocycles. The molecule has 0 spiro atoms. The van der Waals surface area contributed by atoms with Crippen LogP contribution in [0.2, 0.25) is 0 Å². The van der Waals surface area contributed by atoms with Crippen molar-refractivity contribution in [1.29, 1.82) is 0 Å². The number of nitrogens with zero attached hydrogens (tertiary/aromatic N) is 1. The number of piperidine rings is 1. The maximum absolute atomic E-state index is 3.51. The van der Waals surface area contributed by atoms with Crippen LogP contribution >= 0.6 is 0 Å². The Morgan fingerprint density at radius 2 is 1.83 bits per heavy atom. The number of hydrogen-bond acceptors (Lipinski definition) is 2. The SMILES string of the molecule is CNC1CCCC1CCN1CCC(C(C)C)CC1. The highest BCUT2D eigenvalue weighted by atomic mass is 15.1. The Labute approximate surface area is 114 Å². The summed E-state index contributed by atoms with van der Waals surface area (Å²) >= 11 is 0. The molecule has 2 nitrogen and oxygen atoms in total. The molecule has 0 bridgehead atoms. The summed E-state index contributed by atoms with van der Waals surface area (Å²) in [5.74, 6) is 2.81. The van der Waals surface area contributed by atoms with Crippen molar-refractivity contribution in [3.63, 3.8) is 0 Å². The van der Waals surface area contributed by atoms with Gasteiger partial charge in [0.25, 0.3) is 0 Å². The second-order valence-electron chi connectivity index (χ2n) is 6.80. The minimum Gasteiger partial charge on any atom is -0.317 e.